The second-order valence-electron chi connectivity index (χ2n) is 6.89. The molecule has 1 aromatic heterocycles. The van der Waals surface area contributed by atoms with Gasteiger partial charge in [-0.25, -0.2) is 12.7 Å². The largest absolute Gasteiger partial charge is 0.459 e. The van der Waals surface area contributed by atoms with Crippen LogP contribution in [-0.4, -0.2) is 56.1 Å². The number of amides is 2. The molecule has 2 amide bonds. The van der Waals surface area contributed by atoms with Crippen molar-refractivity contribution < 1.29 is 22.4 Å². The lowest BCUT2D eigenvalue weighted by molar-refractivity contribution is -0.119. The Morgan fingerprint density at radius 1 is 1.25 bits per heavy atom. The monoisotopic (exact) mass is 405 g/mol. The lowest BCUT2D eigenvalue weighted by Crippen LogP contribution is -2.43. The van der Waals surface area contributed by atoms with Crippen molar-refractivity contribution in [2.45, 2.75) is 30.7 Å². The molecule has 1 N–H and O–H groups in total. The zero-order chi connectivity index (χ0) is 20.5. The first-order valence-corrected chi connectivity index (χ1v) is 10.3. The van der Waals surface area contributed by atoms with Crippen LogP contribution in [0.15, 0.2) is 45.9 Å². The Kier molecular flexibility index (Phi) is 5.57. The normalized spacial score (nSPS) is 17.1. The van der Waals surface area contributed by atoms with Gasteiger partial charge in [-0.1, -0.05) is 6.07 Å². The molecule has 28 heavy (non-hydrogen) atoms. The molecule has 2 heterocycles. The molecule has 1 saturated heterocycles. The van der Waals surface area contributed by atoms with Crippen LogP contribution in [0.1, 0.15) is 29.0 Å². The van der Waals surface area contributed by atoms with Crippen LogP contribution in [0.5, 0.6) is 0 Å². The molecule has 1 atom stereocenters. The predicted octanol–water partition coefficient (Wildman–Crippen LogP) is 2.08. The van der Waals surface area contributed by atoms with E-state index in [-0.39, 0.29) is 22.5 Å². The highest BCUT2D eigenvalue weighted by molar-refractivity contribution is 7.89. The molecule has 150 valence electrons. The Hall–Kier alpha value is -2.65. The number of sulfonamides is 1. The number of hydrogen-bond donors (Lipinski definition) is 1. The summed E-state index contributed by atoms with van der Waals surface area (Å²) >= 11 is 0. The van der Waals surface area contributed by atoms with Crippen molar-refractivity contribution in [3.8, 4) is 0 Å². The third-order valence-electron chi connectivity index (χ3n) is 4.79. The maximum Gasteiger partial charge on any atom is 0.290 e. The van der Waals surface area contributed by atoms with Crippen molar-refractivity contribution in [2.24, 2.45) is 0 Å². The molecule has 1 unspecified atom stereocenters. The second kappa shape index (κ2) is 7.76. The molecule has 1 fully saturated rings. The van der Waals surface area contributed by atoms with Gasteiger partial charge in [0.05, 0.1) is 11.2 Å². The fraction of sp³-hybridized carbons (Fsp3) is 0.368. The first kappa shape index (κ1) is 20.1. The summed E-state index contributed by atoms with van der Waals surface area (Å²) in [6.07, 6.45) is 2.66. The molecule has 1 aliphatic rings. The maximum atomic E-state index is 12.9. The number of rotatable bonds is 5. The van der Waals surface area contributed by atoms with E-state index in [4.69, 9.17) is 4.42 Å². The summed E-state index contributed by atoms with van der Waals surface area (Å²) in [5, 5.41) is 2.79. The van der Waals surface area contributed by atoms with Gasteiger partial charge >= 0.3 is 0 Å². The Morgan fingerprint density at radius 3 is 2.64 bits per heavy atom. The van der Waals surface area contributed by atoms with Crippen LogP contribution >= 0.6 is 0 Å². The lowest BCUT2D eigenvalue weighted by atomic mass is 10.1. The number of carbonyl (C=O) groups is 2. The third-order valence-corrected chi connectivity index (χ3v) is 6.60. The molecule has 9 heteroatoms. The van der Waals surface area contributed by atoms with Crippen LogP contribution in [0, 0.1) is 6.92 Å². The van der Waals surface area contributed by atoms with Crippen LogP contribution in [0.4, 0.5) is 5.69 Å². The summed E-state index contributed by atoms with van der Waals surface area (Å²) in [4.78, 5) is 27.0. The third kappa shape index (κ3) is 3.81. The van der Waals surface area contributed by atoms with E-state index >= 15 is 0 Å². The molecule has 0 radical (unpaired) electrons. The van der Waals surface area contributed by atoms with E-state index in [2.05, 4.69) is 5.32 Å². The summed E-state index contributed by atoms with van der Waals surface area (Å²) in [7, 11) is -0.723. The molecule has 0 saturated carbocycles. The summed E-state index contributed by atoms with van der Waals surface area (Å²) in [6.45, 7) is 2.24. The molecular weight excluding hydrogens is 382 g/mol. The molecule has 8 nitrogen and oxygen atoms in total. The first-order chi connectivity index (χ1) is 13.2. The fourth-order valence-electron chi connectivity index (χ4n) is 3.15. The molecule has 1 aromatic carbocycles. The maximum absolute atomic E-state index is 12.9. The minimum absolute atomic E-state index is 0.0911. The Morgan fingerprint density at radius 2 is 2.00 bits per heavy atom. The molecule has 0 aliphatic carbocycles. The van der Waals surface area contributed by atoms with Gasteiger partial charge in [0, 0.05) is 26.3 Å². The highest BCUT2D eigenvalue weighted by atomic mass is 32.2. The molecule has 0 bridgehead atoms. The van der Waals surface area contributed by atoms with Gasteiger partial charge in [-0.2, -0.15) is 0 Å². The number of benzene rings is 1. The molecule has 2 aromatic rings. The summed E-state index contributed by atoms with van der Waals surface area (Å²) < 4.78 is 31.0. The van der Waals surface area contributed by atoms with Crippen molar-refractivity contribution in [2.75, 3.05) is 26.0 Å². The van der Waals surface area contributed by atoms with Gasteiger partial charge in [0.25, 0.3) is 5.91 Å². The van der Waals surface area contributed by atoms with E-state index in [9.17, 15) is 18.0 Å². The van der Waals surface area contributed by atoms with Crippen molar-refractivity contribution in [1.29, 1.82) is 0 Å². The number of nitrogens with one attached hydrogen (secondary N) is 1. The van der Waals surface area contributed by atoms with Crippen LogP contribution in [0.25, 0.3) is 0 Å². The lowest BCUT2D eigenvalue weighted by Gasteiger charge is -2.23. The number of likely N-dealkylation sites (tertiary alicyclic amines) is 1. The van der Waals surface area contributed by atoms with Crippen molar-refractivity contribution in [3.05, 3.63) is 47.9 Å². The second-order valence-corrected chi connectivity index (χ2v) is 9.04. The van der Waals surface area contributed by atoms with Crippen LogP contribution in [0.3, 0.4) is 0 Å². The van der Waals surface area contributed by atoms with Crippen LogP contribution in [0.2, 0.25) is 0 Å². The number of hydrogen-bond acceptors (Lipinski definition) is 5. The molecular formula is C19H23N3O5S. The number of anilines is 1. The summed E-state index contributed by atoms with van der Waals surface area (Å²) in [5.74, 6) is -0.488. The highest BCUT2D eigenvalue weighted by Crippen LogP contribution is 2.25. The van der Waals surface area contributed by atoms with E-state index in [0.717, 1.165) is 9.87 Å². The van der Waals surface area contributed by atoms with Gasteiger partial charge in [-0.3, -0.25) is 9.59 Å². The van der Waals surface area contributed by atoms with Crippen LogP contribution in [-0.2, 0) is 14.8 Å². The molecule has 3 rings (SSSR count). The number of furan rings is 1. The highest BCUT2D eigenvalue weighted by Gasteiger charge is 2.35. The number of nitrogens with zero attached hydrogens (tertiary/aromatic N) is 2. The molecule has 0 spiro atoms. The van der Waals surface area contributed by atoms with Crippen LogP contribution < -0.4 is 5.32 Å². The van der Waals surface area contributed by atoms with Gasteiger partial charge in [-0.05, 0) is 49.6 Å². The van der Waals surface area contributed by atoms with Crippen molar-refractivity contribution >= 4 is 27.5 Å². The summed E-state index contributed by atoms with van der Waals surface area (Å²) in [6, 6.07) is 7.14. The minimum Gasteiger partial charge on any atom is -0.459 e. The number of aryl methyl sites for hydroxylation is 1. The Balaban J connectivity index is 1.82. The van der Waals surface area contributed by atoms with Crippen molar-refractivity contribution in [3.63, 3.8) is 0 Å². The Labute approximate surface area is 164 Å². The smallest absolute Gasteiger partial charge is 0.290 e. The predicted molar refractivity (Wildman–Crippen MR) is 103 cm³/mol. The van der Waals surface area contributed by atoms with Gasteiger partial charge in [0.1, 0.15) is 6.04 Å². The fourth-order valence-corrected chi connectivity index (χ4v) is 4.08. The van der Waals surface area contributed by atoms with Crippen molar-refractivity contribution in [1.82, 2.24) is 9.21 Å². The van der Waals surface area contributed by atoms with Gasteiger partial charge in [0.2, 0.25) is 15.9 Å². The van der Waals surface area contributed by atoms with E-state index in [0.29, 0.717) is 25.1 Å². The van der Waals surface area contributed by atoms with E-state index in [1.165, 1.54) is 37.4 Å². The first-order valence-electron chi connectivity index (χ1n) is 8.90. The number of carbonyl (C=O) groups excluding carboxylic acids is 2. The van der Waals surface area contributed by atoms with E-state index in [1.54, 1.807) is 25.1 Å². The quantitative estimate of drug-likeness (QED) is 0.821. The topological polar surface area (TPSA) is 99.9 Å². The zero-order valence-corrected chi connectivity index (χ0v) is 16.8. The van der Waals surface area contributed by atoms with E-state index in [1.807, 2.05) is 0 Å². The summed E-state index contributed by atoms with van der Waals surface area (Å²) in [5.41, 5.74) is 1.14. The average molecular weight is 405 g/mol. The minimum atomic E-state index is -3.62. The zero-order valence-electron chi connectivity index (χ0n) is 16.0. The average Bonchev–Trinajstić information content (AvgIpc) is 3.34. The van der Waals surface area contributed by atoms with E-state index < -0.39 is 16.1 Å². The van der Waals surface area contributed by atoms with Gasteiger partial charge < -0.3 is 14.6 Å². The van der Waals surface area contributed by atoms with Gasteiger partial charge in [0.15, 0.2) is 5.76 Å². The van der Waals surface area contributed by atoms with Gasteiger partial charge in [-0.15, -0.1) is 0 Å². The molecule has 1 aliphatic heterocycles. The Bertz CT molecular complexity index is 983. The standard InChI is InChI=1S/C19H23N3O5S/c1-13-8-9-14(28(25,26)21(2)3)12-15(13)20-18(23)16-6-4-10-22(16)19(24)17-7-5-11-27-17/h5,7-9,11-12,16H,4,6,10H2,1-3H3,(H,20,23). The SMILES string of the molecule is Cc1ccc(S(=O)(=O)N(C)C)cc1NC(=O)C1CCCN1C(=O)c1ccco1.